The molecule has 6 heteroatoms. The highest BCUT2D eigenvalue weighted by molar-refractivity contribution is 5.94. The molecule has 2 N–H and O–H groups in total. The van der Waals surface area contributed by atoms with E-state index in [2.05, 4.69) is 5.32 Å². The van der Waals surface area contributed by atoms with Crippen LogP contribution in [0.15, 0.2) is 24.3 Å². The number of benzene rings is 1. The molecule has 2 unspecified atom stereocenters. The molecule has 0 aliphatic carbocycles. The second kappa shape index (κ2) is 5.71. The molecule has 0 spiro atoms. The highest BCUT2D eigenvalue weighted by Crippen LogP contribution is 2.22. The van der Waals surface area contributed by atoms with Crippen molar-refractivity contribution in [2.24, 2.45) is 0 Å². The zero-order valence-corrected chi connectivity index (χ0v) is 10.5. The fourth-order valence-electron chi connectivity index (χ4n) is 1.94. The molecule has 1 aliphatic rings. The van der Waals surface area contributed by atoms with Crippen molar-refractivity contribution in [3.8, 4) is 5.75 Å². The largest absolute Gasteiger partial charge is 0.497 e. The lowest BCUT2D eigenvalue weighted by Crippen LogP contribution is -2.29. The number of hydrogen-bond acceptors (Lipinski definition) is 4. The minimum Gasteiger partial charge on any atom is -0.497 e. The van der Waals surface area contributed by atoms with Gasteiger partial charge in [0.25, 0.3) is 5.91 Å². The minimum absolute atomic E-state index is 0.336. The molecule has 19 heavy (non-hydrogen) atoms. The molecule has 1 aromatic rings. The Hall–Kier alpha value is -2.08. The van der Waals surface area contributed by atoms with E-state index in [4.69, 9.17) is 14.6 Å². The number of carboxylic acid groups (broad SMARTS) is 1. The van der Waals surface area contributed by atoms with Crippen LogP contribution in [0.2, 0.25) is 0 Å². The van der Waals surface area contributed by atoms with Crippen LogP contribution in [-0.2, 0) is 14.3 Å². The van der Waals surface area contributed by atoms with E-state index in [1.54, 1.807) is 31.4 Å². The summed E-state index contributed by atoms with van der Waals surface area (Å²) in [6, 6.07) is 6.93. The molecule has 102 valence electrons. The second-order valence-corrected chi connectivity index (χ2v) is 4.25. The van der Waals surface area contributed by atoms with E-state index < -0.39 is 18.2 Å². The van der Waals surface area contributed by atoms with Crippen molar-refractivity contribution in [1.29, 1.82) is 0 Å². The van der Waals surface area contributed by atoms with Crippen LogP contribution in [-0.4, -0.2) is 36.3 Å². The number of carboxylic acids is 1. The number of methoxy groups -OCH3 is 1. The lowest BCUT2D eigenvalue weighted by atomic mass is 10.2. The molecule has 2 rings (SSSR count). The number of aliphatic carboxylic acids is 1. The molecule has 1 amide bonds. The Kier molecular flexibility index (Phi) is 4.01. The number of rotatable bonds is 4. The van der Waals surface area contributed by atoms with Gasteiger partial charge in [-0.05, 0) is 25.0 Å². The van der Waals surface area contributed by atoms with Gasteiger partial charge in [0, 0.05) is 11.8 Å². The van der Waals surface area contributed by atoms with Crippen molar-refractivity contribution in [2.75, 3.05) is 12.4 Å². The van der Waals surface area contributed by atoms with Crippen LogP contribution in [0.3, 0.4) is 0 Å². The third-order valence-electron chi connectivity index (χ3n) is 2.92. The second-order valence-electron chi connectivity index (χ2n) is 4.25. The zero-order valence-electron chi connectivity index (χ0n) is 10.5. The molecule has 1 heterocycles. The number of carbonyl (C=O) groups excluding carboxylic acids is 1. The van der Waals surface area contributed by atoms with Gasteiger partial charge in [-0.1, -0.05) is 6.07 Å². The van der Waals surface area contributed by atoms with Crippen LogP contribution in [0.1, 0.15) is 12.8 Å². The number of ether oxygens (including phenoxy) is 2. The van der Waals surface area contributed by atoms with Crippen molar-refractivity contribution in [3.63, 3.8) is 0 Å². The van der Waals surface area contributed by atoms with Gasteiger partial charge in [0.1, 0.15) is 11.9 Å². The third-order valence-corrected chi connectivity index (χ3v) is 2.92. The number of carbonyl (C=O) groups is 2. The fourth-order valence-corrected chi connectivity index (χ4v) is 1.94. The normalized spacial score (nSPS) is 21.9. The molecule has 0 aromatic heterocycles. The van der Waals surface area contributed by atoms with Crippen molar-refractivity contribution < 1.29 is 24.2 Å². The van der Waals surface area contributed by atoms with Gasteiger partial charge in [-0.25, -0.2) is 4.79 Å². The first kappa shape index (κ1) is 13.4. The van der Waals surface area contributed by atoms with E-state index in [0.29, 0.717) is 24.3 Å². The summed E-state index contributed by atoms with van der Waals surface area (Å²) in [4.78, 5) is 22.7. The Morgan fingerprint density at radius 3 is 2.74 bits per heavy atom. The smallest absolute Gasteiger partial charge is 0.332 e. The average Bonchev–Trinajstić information content (AvgIpc) is 2.89. The molecule has 1 saturated heterocycles. The molecule has 1 aromatic carbocycles. The number of nitrogens with one attached hydrogen (secondary N) is 1. The summed E-state index contributed by atoms with van der Waals surface area (Å²) in [5.74, 6) is -0.734. The summed E-state index contributed by atoms with van der Waals surface area (Å²) < 4.78 is 10.2. The maximum absolute atomic E-state index is 11.9. The summed E-state index contributed by atoms with van der Waals surface area (Å²) >= 11 is 0. The van der Waals surface area contributed by atoms with Gasteiger partial charge in [0.05, 0.1) is 7.11 Å². The van der Waals surface area contributed by atoms with Gasteiger partial charge in [-0.15, -0.1) is 0 Å². The standard InChI is InChI=1S/C13H15NO5/c1-18-9-4-2-3-8(7-9)14-12(15)10-5-6-11(19-10)13(16)17/h2-4,7,10-11H,5-6H2,1H3,(H,14,15)(H,16,17). The predicted octanol–water partition coefficient (Wildman–Crippen LogP) is 1.27. The van der Waals surface area contributed by atoms with Crippen LogP contribution in [0.25, 0.3) is 0 Å². The molecule has 0 radical (unpaired) electrons. The van der Waals surface area contributed by atoms with E-state index in [0.717, 1.165) is 0 Å². The molecule has 0 bridgehead atoms. The first-order valence-electron chi connectivity index (χ1n) is 5.93. The molecule has 1 fully saturated rings. The van der Waals surface area contributed by atoms with Gasteiger partial charge in [0.15, 0.2) is 6.10 Å². The summed E-state index contributed by atoms with van der Waals surface area (Å²) in [7, 11) is 1.54. The van der Waals surface area contributed by atoms with Gasteiger partial charge in [-0.2, -0.15) is 0 Å². The summed E-state index contributed by atoms with van der Waals surface area (Å²) in [6.45, 7) is 0. The molecular weight excluding hydrogens is 250 g/mol. The van der Waals surface area contributed by atoms with Gasteiger partial charge in [0.2, 0.25) is 0 Å². The van der Waals surface area contributed by atoms with Crippen molar-refractivity contribution in [3.05, 3.63) is 24.3 Å². The van der Waals surface area contributed by atoms with Crippen LogP contribution in [0.5, 0.6) is 5.75 Å². The average molecular weight is 265 g/mol. The van der Waals surface area contributed by atoms with Gasteiger partial charge >= 0.3 is 5.97 Å². The van der Waals surface area contributed by atoms with E-state index >= 15 is 0 Å². The van der Waals surface area contributed by atoms with Crippen LogP contribution >= 0.6 is 0 Å². The lowest BCUT2D eigenvalue weighted by Gasteiger charge is -2.12. The number of hydrogen-bond donors (Lipinski definition) is 2. The Bertz CT molecular complexity index is 488. The molecular formula is C13H15NO5. The molecule has 1 aliphatic heterocycles. The van der Waals surface area contributed by atoms with E-state index in [1.807, 2.05) is 0 Å². The monoisotopic (exact) mass is 265 g/mol. The van der Waals surface area contributed by atoms with Crippen molar-refractivity contribution >= 4 is 17.6 Å². The highest BCUT2D eigenvalue weighted by Gasteiger charge is 2.34. The topological polar surface area (TPSA) is 84.9 Å². The van der Waals surface area contributed by atoms with Gasteiger partial charge < -0.3 is 19.9 Å². The quantitative estimate of drug-likeness (QED) is 0.856. The first-order valence-corrected chi connectivity index (χ1v) is 5.93. The summed E-state index contributed by atoms with van der Waals surface area (Å²) in [6.07, 6.45) is -0.841. The number of amides is 1. The summed E-state index contributed by atoms with van der Waals surface area (Å²) in [5, 5.41) is 11.5. The predicted molar refractivity (Wildman–Crippen MR) is 67.2 cm³/mol. The van der Waals surface area contributed by atoms with Gasteiger partial charge in [-0.3, -0.25) is 4.79 Å². The van der Waals surface area contributed by atoms with Crippen molar-refractivity contribution in [2.45, 2.75) is 25.0 Å². The van der Waals surface area contributed by atoms with Crippen LogP contribution < -0.4 is 10.1 Å². The van der Waals surface area contributed by atoms with E-state index in [1.165, 1.54) is 0 Å². The lowest BCUT2D eigenvalue weighted by molar-refractivity contribution is -0.150. The van der Waals surface area contributed by atoms with E-state index in [-0.39, 0.29) is 5.91 Å². The van der Waals surface area contributed by atoms with E-state index in [9.17, 15) is 9.59 Å². The first-order chi connectivity index (χ1) is 9.10. The molecule has 6 nitrogen and oxygen atoms in total. The Morgan fingerprint density at radius 2 is 2.11 bits per heavy atom. The Balaban J connectivity index is 1.96. The van der Waals surface area contributed by atoms with Crippen LogP contribution in [0, 0.1) is 0 Å². The van der Waals surface area contributed by atoms with Crippen molar-refractivity contribution in [1.82, 2.24) is 0 Å². The highest BCUT2D eigenvalue weighted by atomic mass is 16.5. The molecule has 0 saturated carbocycles. The third kappa shape index (κ3) is 3.23. The maximum Gasteiger partial charge on any atom is 0.332 e. The maximum atomic E-state index is 11.9. The number of anilines is 1. The zero-order chi connectivity index (χ0) is 13.8. The van der Waals surface area contributed by atoms with Crippen LogP contribution in [0.4, 0.5) is 5.69 Å². The molecule has 2 atom stereocenters. The Morgan fingerprint density at radius 1 is 1.37 bits per heavy atom. The Labute approximate surface area is 110 Å². The fraction of sp³-hybridized carbons (Fsp3) is 0.385. The SMILES string of the molecule is COc1cccc(NC(=O)C2CCC(C(=O)O)O2)c1. The summed E-state index contributed by atoms with van der Waals surface area (Å²) in [5.41, 5.74) is 0.590. The minimum atomic E-state index is -1.03.